The Morgan fingerprint density at radius 3 is 2.73 bits per heavy atom. The lowest BCUT2D eigenvalue weighted by Gasteiger charge is -2.20. The lowest BCUT2D eigenvalue weighted by Crippen LogP contribution is -2.28. The molecule has 0 saturated carbocycles. The Kier molecular flexibility index (Phi) is 5.08. The zero-order valence-electron chi connectivity index (χ0n) is 12.3. The first-order valence-electron chi connectivity index (χ1n) is 6.87. The summed E-state index contributed by atoms with van der Waals surface area (Å²) in [5.74, 6) is -0.251. The second kappa shape index (κ2) is 7.02. The van der Waals surface area contributed by atoms with Crippen LogP contribution in [0, 0.1) is 6.92 Å². The first kappa shape index (κ1) is 15.9. The Bertz CT molecular complexity index is 643. The first-order valence-corrected chi connectivity index (χ1v) is 6.87. The SMILES string of the molecule is CCC(NC(=O)c1cn[nH]c1C)c1ccccc1OC(F)F. The van der Waals surface area contributed by atoms with E-state index < -0.39 is 12.7 Å². The van der Waals surface area contributed by atoms with Crippen molar-refractivity contribution in [2.75, 3.05) is 0 Å². The number of nitrogens with zero attached hydrogens (tertiary/aromatic N) is 1. The largest absolute Gasteiger partial charge is 0.434 e. The molecule has 2 aromatic rings. The summed E-state index contributed by atoms with van der Waals surface area (Å²) in [6.45, 7) is 0.675. The summed E-state index contributed by atoms with van der Waals surface area (Å²) < 4.78 is 29.5. The molecule has 0 aliphatic carbocycles. The normalized spacial score (nSPS) is 12.2. The highest BCUT2D eigenvalue weighted by Crippen LogP contribution is 2.28. The van der Waals surface area contributed by atoms with Gasteiger partial charge in [0.05, 0.1) is 17.8 Å². The number of aromatic nitrogens is 2. The second-order valence-corrected chi connectivity index (χ2v) is 4.76. The quantitative estimate of drug-likeness (QED) is 0.861. The Morgan fingerprint density at radius 1 is 1.41 bits per heavy atom. The molecule has 0 bridgehead atoms. The number of benzene rings is 1. The van der Waals surface area contributed by atoms with Gasteiger partial charge in [0, 0.05) is 11.3 Å². The van der Waals surface area contributed by atoms with Gasteiger partial charge >= 0.3 is 6.61 Å². The molecule has 118 valence electrons. The van der Waals surface area contributed by atoms with Crippen LogP contribution in [-0.4, -0.2) is 22.7 Å². The van der Waals surface area contributed by atoms with Crippen molar-refractivity contribution in [3.8, 4) is 5.75 Å². The van der Waals surface area contributed by atoms with Crippen LogP contribution in [0.25, 0.3) is 0 Å². The van der Waals surface area contributed by atoms with E-state index in [4.69, 9.17) is 0 Å². The van der Waals surface area contributed by atoms with Crippen molar-refractivity contribution in [3.05, 3.63) is 47.3 Å². The van der Waals surface area contributed by atoms with Gasteiger partial charge in [-0.2, -0.15) is 13.9 Å². The summed E-state index contributed by atoms with van der Waals surface area (Å²) >= 11 is 0. The van der Waals surface area contributed by atoms with E-state index in [9.17, 15) is 13.6 Å². The minimum absolute atomic E-state index is 0.0635. The molecule has 1 amide bonds. The van der Waals surface area contributed by atoms with E-state index in [1.165, 1.54) is 12.3 Å². The van der Waals surface area contributed by atoms with Crippen LogP contribution in [0.5, 0.6) is 5.75 Å². The number of halogens is 2. The third-order valence-corrected chi connectivity index (χ3v) is 3.30. The van der Waals surface area contributed by atoms with Gasteiger partial charge in [0.1, 0.15) is 5.75 Å². The van der Waals surface area contributed by atoms with Crippen LogP contribution in [0.4, 0.5) is 8.78 Å². The summed E-state index contributed by atoms with van der Waals surface area (Å²) in [6.07, 6.45) is 1.96. The van der Waals surface area contributed by atoms with E-state index in [-0.39, 0.29) is 11.7 Å². The molecule has 1 heterocycles. The van der Waals surface area contributed by atoms with Crippen LogP contribution in [0.3, 0.4) is 0 Å². The van der Waals surface area contributed by atoms with Crippen molar-refractivity contribution < 1.29 is 18.3 Å². The average molecular weight is 309 g/mol. The molecule has 22 heavy (non-hydrogen) atoms. The Balaban J connectivity index is 2.22. The molecule has 1 aromatic heterocycles. The molecule has 2 N–H and O–H groups in total. The minimum Gasteiger partial charge on any atom is -0.434 e. The molecule has 2 rings (SSSR count). The number of carbonyl (C=O) groups excluding carboxylic acids is 1. The molecular weight excluding hydrogens is 292 g/mol. The highest BCUT2D eigenvalue weighted by atomic mass is 19.3. The van der Waals surface area contributed by atoms with Gasteiger partial charge in [0.2, 0.25) is 0 Å². The third kappa shape index (κ3) is 3.60. The average Bonchev–Trinajstić information content (AvgIpc) is 2.91. The van der Waals surface area contributed by atoms with Gasteiger partial charge in [-0.15, -0.1) is 0 Å². The van der Waals surface area contributed by atoms with E-state index in [2.05, 4.69) is 20.3 Å². The summed E-state index contributed by atoms with van der Waals surface area (Å²) in [7, 11) is 0. The number of para-hydroxylation sites is 1. The van der Waals surface area contributed by atoms with Gasteiger partial charge in [-0.3, -0.25) is 9.89 Å². The number of nitrogens with one attached hydrogen (secondary N) is 2. The molecule has 1 unspecified atom stereocenters. The predicted molar refractivity (Wildman–Crippen MR) is 76.9 cm³/mol. The summed E-state index contributed by atoms with van der Waals surface area (Å²) in [5, 5.41) is 9.30. The molecule has 7 heteroatoms. The van der Waals surface area contributed by atoms with Crippen molar-refractivity contribution >= 4 is 5.91 Å². The van der Waals surface area contributed by atoms with Gasteiger partial charge in [-0.05, 0) is 19.4 Å². The van der Waals surface area contributed by atoms with Crippen molar-refractivity contribution in [3.63, 3.8) is 0 Å². The minimum atomic E-state index is -2.91. The van der Waals surface area contributed by atoms with Crippen molar-refractivity contribution in [2.45, 2.75) is 32.9 Å². The van der Waals surface area contributed by atoms with Crippen LogP contribution in [0.1, 0.15) is 41.0 Å². The molecule has 5 nitrogen and oxygen atoms in total. The smallest absolute Gasteiger partial charge is 0.387 e. The molecule has 0 aliphatic rings. The van der Waals surface area contributed by atoms with E-state index >= 15 is 0 Å². The molecule has 0 saturated heterocycles. The molecular formula is C15H17F2N3O2. The van der Waals surface area contributed by atoms with Crippen LogP contribution in [0.15, 0.2) is 30.5 Å². The summed E-state index contributed by atoms with van der Waals surface area (Å²) in [4.78, 5) is 12.2. The number of aromatic amines is 1. The van der Waals surface area contributed by atoms with Crippen LogP contribution < -0.4 is 10.1 Å². The molecule has 0 radical (unpaired) electrons. The first-order chi connectivity index (χ1) is 10.5. The standard InChI is InChI=1S/C15H17F2N3O2/c1-3-12(19-14(21)11-8-18-20-9(11)2)10-6-4-5-7-13(10)22-15(16)17/h4-8,12,15H,3H2,1-2H3,(H,18,20)(H,19,21). The number of amides is 1. The molecule has 1 aromatic carbocycles. The number of alkyl halides is 2. The van der Waals surface area contributed by atoms with Gasteiger partial charge in [0.25, 0.3) is 5.91 Å². The van der Waals surface area contributed by atoms with E-state index in [1.54, 1.807) is 25.1 Å². The van der Waals surface area contributed by atoms with E-state index in [1.807, 2.05) is 6.92 Å². The van der Waals surface area contributed by atoms with Crippen molar-refractivity contribution in [1.29, 1.82) is 0 Å². The van der Waals surface area contributed by atoms with E-state index in [0.29, 0.717) is 23.2 Å². The number of aryl methyl sites for hydroxylation is 1. The highest BCUT2D eigenvalue weighted by Gasteiger charge is 2.20. The van der Waals surface area contributed by atoms with Gasteiger partial charge < -0.3 is 10.1 Å². The number of hydrogen-bond acceptors (Lipinski definition) is 3. The fourth-order valence-electron chi connectivity index (χ4n) is 2.19. The lowest BCUT2D eigenvalue weighted by atomic mass is 10.0. The van der Waals surface area contributed by atoms with Crippen LogP contribution >= 0.6 is 0 Å². The molecule has 1 atom stereocenters. The molecule has 0 fully saturated rings. The fraction of sp³-hybridized carbons (Fsp3) is 0.333. The predicted octanol–water partition coefficient (Wildman–Crippen LogP) is 3.20. The molecule has 0 spiro atoms. The second-order valence-electron chi connectivity index (χ2n) is 4.76. The molecule has 0 aliphatic heterocycles. The van der Waals surface area contributed by atoms with E-state index in [0.717, 1.165) is 0 Å². The summed E-state index contributed by atoms with van der Waals surface area (Å²) in [5.41, 5.74) is 1.58. The summed E-state index contributed by atoms with van der Waals surface area (Å²) in [6, 6.07) is 6.01. The Hall–Kier alpha value is -2.44. The Labute approximate surface area is 126 Å². The van der Waals surface area contributed by atoms with Crippen LogP contribution in [0.2, 0.25) is 0 Å². The fourth-order valence-corrected chi connectivity index (χ4v) is 2.19. The van der Waals surface area contributed by atoms with Gasteiger partial charge in [0.15, 0.2) is 0 Å². The zero-order chi connectivity index (χ0) is 16.1. The lowest BCUT2D eigenvalue weighted by molar-refractivity contribution is -0.0506. The zero-order valence-corrected chi connectivity index (χ0v) is 12.3. The monoisotopic (exact) mass is 309 g/mol. The number of ether oxygens (including phenoxy) is 1. The van der Waals surface area contributed by atoms with Crippen molar-refractivity contribution in [2.24, 2.45) is 0 Å². The topological polar surface area (TPSA) is 67.0 Å². The maximum absolute atomic E-state index is 12.5. The van der Waals surface area contributed by atoms with Crippen molar-refractivity contribution in [1.82, 2.24) is 15.5 Å². The van der Waals surface area contributed by atoms with Crippen LogP contribution in [-0.2, 0) is 0 Å². The highest BCUT2D eigenvalue weighted by molar-refractivity contribution is 5.95. The maximum atomic E-state index is 12.5. The maximum Gasteiger partial charge on any atom is 0.387 e. The number of carbonyl (C=O) groups is 1. The Morgan fingerprint density at radius 2 is 2.14 bits per heavy atom. The number of H-pyrrole nitrogens is 1. The third-order valence-electron chi connectivity index (χ3n) is 3.30. The van der Waals surface area contributed by atoms with Gasteiger partial charge in [-0.25, -0.2) is 0 Å². The number of rotatable bonds is 6. The number of hydrogen-bond donors (Lipinski definition) is 2. The van der Waals surface area contributed by atoms with Gasteiger partial charge in [-0.1, -0.05) is 25.1 Å².